The van der Waals surface area contributed by atoms with E-state index in [0.717, 1.165) is 16.8 Å². The van der Waals surface area contributed by atoms with Gasteiger partial charge in [-0.15, -0.1) is 0 Å². The van der Waals surface area contributed by atoms with Gasteiger partial charge in [-0.05, 0) is 38.5 Å². The predicted molar refractivity (Wildman–Crippen MR) is 84.5 cm³/mol. The van der Waals surface area contributed by atoms with Gasteiger partial charge in [-0.25, -0.2) is 4.79 Å². The molecular formula is C17H19N3O2. The van der Waals surface area contributed by atoms with Crippen molar-refractivity contribution in [3.8, 4) is 11.3 Å². The molecule has 2 rings (SSSR count). The second-order valence-electron chi connectivity index (χ2n) is 5.79. The zero-order valence-corrected chi connectivity index (χ0v) is 13.0. The molecule has 5 heteroatoms. The molecule has 0 radical (unpaired) electrons. The Balaban J connectivity index is 1.93. The van der Waals surface area contributed by atoms with E-state index in [1.807, 2.05) is 42.5 Å². The molecule has 0 atom stereocenters. The molecule has 1 amide bonds. The standard InChI is InChI=1S/C17H19N3O2/c1-17(2,3)22-16(21)20-19-12-13-7-9-14(10-8-13)15-6-4-5-11-18-15/h4-11H,12H2,1-3H3. The van der Waals surface area contributed by atoms with Crippen LogP contribution in [-0.4, -0.2) is 16.7 Å². The quantitative estimate of drug-likeness (QED) is 0.775. The maximum absolute atomic E-state index is 11.4. The van der Waals surface area contributed by atoms with Gasteiger partial charge in [0.1, 0.15) is 5.60 Å². The lowest BCUT2D eigenvalue weighted by atomic mass is 10.1. The van der Waals surface area contributed by atoms with E-state index in [-0.39, 0.29) is 0 Å². The number of pyridine rings is 1. The number of ether oxygens (including phenoxy) is 1. The van der Waals surface area contributed by atoms with Crippen LogP contribution in [0.5, 0.6) is 0 Å². The Bertz CT molecular complexity index is 644. The summed E-state index contributed by atoms with van der Waals surface area (Å²) >= 11 is 0. The maximum atomic E-state index is 11.4. The lowest BCUT2D eigenvalue weighted by Gasteiger charge is -2.16. The lowest BCUT2D eigenvalue weighted by Crippen LogP contribution is -2.21. The van der Waals surface area contributed by atoms with E-state index in [1.165, 1.54) is 0 Å². The van der Waals surface area contributed by atoms with Gasteiger partial charge in [-0.3, -0.25) is 4.98 Å². The van der Waals surface area contributed by atoms with Gasteiger partial charge in [0.25, 0.3) is 0 Å². The van der Waals surface area contributed by atoms with Gasteiger partial charge >= 0.3 is 6.09 Å². The van der Waals surface area contributed by atoms with Crippen molar-refractivity contribution in [3.05, 3.63) is 54.2 Å². The van der Waals surface area contributed by atoms with E-state index in [1.54, 1.807) is 27.0 Å². The summed E-state index contributed by atoms with van der Waals surface area (Å²) in [6.45, 7) is 5.70. The molecule has 0 aliphatic carbocycles. The number of carbonyl (C=O) groups is 1. The first-order valence-corrected chi connectivity index (χ1v) is 7.05. The summed E-state index contributed by atoms with van der Waals surface area (Å²) < 4.78 is 5.04. The molecule has 22 heavy (non-hydrogen) atoms. The topological polar surface area (TPSA) is 63.9 Å². The fourth-order valence-corrected chi connectivity index (χ4v) is 1.77. The highest BCUT2D eigenvalue weighted by molar-refractivity contribution is 5.67. The highest BCUT2D eigenvalue weighted by atomic mass is 16.6. The van der Waals surface area contributed by atoms with Gasteiger partial charge in [0.05, 0.1) is 12.2 Å². The van der Waals surface area contributed by atoms with Gasteiger partial charge in [0, 0.05) is 11.8 Å². The van der Waals surface area contributed by atoms with E-state index in [9.17, 15) is 4.79 Å². The van der Waals surface area contributed by atoms with E-state index in [4.69, 9.17) is 4.74 Å². The third kappa shape index (κ3) is 5.09. The highest BCUT2D eigenvalue weighted by Gasteiger charge is 2.15. The predicted octanol–water partition coefficient (Wildman–Crippen LogP) is 4.64. The van der Waals surface area contributed by atoms with E-state index < -0.39 is 11.7 Å². The molecule has 0 aliphatic heterocycles. The number of nitrogens with zero attached hydrogens (tertiary/aromatic N) is 3. The number of hydrogen-bond donors (Lipinski definition) is 0. The van der Waals surface area contributed by atoms with Gasteiger partial charge in [-0.1, -0.05) is 35.4 Å². The number of amides is 1. The molecule has 1 aromatic heterocycles. The summed E-state index contributed by atoms with van der Waals surface area (Å²) in [5.41, 5.74) is 2.37. The molecule has 2 aromatic rings. The molecule has 1 aromatic carbocycles. The molecule has 0 fully saturated rings. The molecule has 0 unspecified atom stereocenters. The van der Waals surface area contributed by atoms with E-state index in [2.05, 4.69) is 15.2 Å². The van der Waals surface area contributed by atoms with Crippen LogP contribution >= 0.6 is 0 Å². The van der Waals surface area contributed by atoms with Gasteiger partial charge < -0.3 is 4.74 Å². The lowest BCUT2D eigenvalue weighted by molar-refractivity contribution is 0.0589. The summed E-state index contributed by atoms with van der Waals surface area (Å²) in [6, 6.07) is 13.6. The van der Waals surface area contributed by atoms with Crippen LogP contribution in [0.4, 0.5) is 4.79 Å². The Hall–Kier alpha value is -2.56. The van der Waals surface area contributed by atoms with Gasteiger partial charge in [-0.2, -0.15) is 5.11 Å². The summed E-state index contributed by atoms with van der Waals surface area (Å²) in [7, 11) is 0. The maximum Gasteiger partial charge on any atom is 0.452 e. The molecule has 0 saturated heterocycles. The SMILES string of the molecule is CC(C)(C)OC(=O)N=NCc1ccc(-c2ccccn2)cc1. The zero-order valence-electron chi connectivity index (χ0n) is 13.0. The molecule has 0 spiro atoms. The van der Waals surface area contributed by atoms with Crippen molar-refractivity contribution in [1.82, 2.24) is 4.98 Å². The highest BCUT2D eigenvalue weighted by Crippen LogP contribution is 2.17. The Morgan fingerprint density at radius 1 is 1.14 bits per heavy atom. The monoisotopic (exact) mass is 297 g/mol. The summed E-state index contributed by atoms with van der Waals surface area (Å²) in [6.07, 6.45) is 1.09. The van der Waals surface area contributed by atoms with Gasteiger partial charge in [0.2, 0.25) is 0 Å². The average molecular weight is 297 g/mol. The molecular weight excluding hydrogens is 278 g/mol. The van der Waals surface area contributed by atoms with Crippen LogP contribution < -0.4 is 0 Å². The first-order chi connectivity index (χ1) is 10.4. The number of azo groups is 1. The molecule has 0 saturated carbocycles. The minimum Gasteiger partial charge on any atom is -0.441 e. The molecule has 5 nitrogen and oxygen atoms in total. The van der Waals surface area contributed by atoms with Crippen LogP contribution in [-0.2, 0) is 11.3 Å². The Kier molecular flexibility index (Phi) is 4.99. The summed E-state index contributed by atoms with van der Waals surface area (Å²) in [5, 5.41) is 7.40. The minimum absolute atomic E-state index is 0.335. The number of aromatic nitrogens is 1. The van der Waals surface area contributed by atoms with E-state index >= 15 is 0 Å². The van der Waals surface area contributed by atoms with Crippen LogP contribution in [0.2, 0.25) is 0 Å². The first kappa shape index (κ1) is 15.8. The van der Waals surface area contributed by atoms with E-state index in [0.29, 0.717) is 6.54 Å². The fourth-order valence-electron chi connectivity index (χ4n) is 1.77. The second-order valence-corrected chi connectivity index (χ2v) is 5.79. The third-order valence-electron chi connectivity index (χ3n) is 2.71. The Morgan fingerprint density at radius 3 is 2.45 bits per heavy atom. The largest absolute Gasteiger partial charge is 0.452 e. The van der Waals surface area contributed by atoms with Gasteiger partial charge in [0.15, 0.2) is 0 Å². The van der Waals surface area contributed by atoms with Crippen LogP contribution in [0.25, 0.3) is 11.3 Å². The number of rotatable bonds is 3. The van der Waals surface area contributed by atoms with Crippen molar-refractivity contribution in [2.45, 2.75) is 32.9 Å². The molecule has 0 bridgehead atoms. The third-order valence-corrected chi connectivity index (χ3v) is 2.71. The van der Waals surface area contributed by atoms with Crippen LogP contribution in [0.3, 0.4) is 0 Å². The normalized spacial score (nSPS) is 11.6. The van der Waals surface area contributed by atoms with Crippen LogP contribution in [0.1, 0.15) is 26.3 Å². The Morgan fingerprint density at radius 2 is 1.86 bits per heavy atom. The first-order valence-electron chi connectivity index (χ1n) is 7.05. The van der Waals surface area contributed by atoms with Crippen LogP contribution in [0.15, 0.2) is 58.9 Å². The van der Waals surface area contributed by atoms with Crippen molar-refractivity contribution in [2.24, 2.45) is 10.2 Å². The van der Waals surface area contributed by atoms with Crippen molar-refractivity contribution in [2.75, 3.05) is 0 Å². The fraction of sp³-hybridized carbons (Fsp3) is 0.294. The van der Waals surface area contributed by atoms with Crippen LogP contribution in [0, 0.1) is 0 Å². The number of benzene rings is 1. The molecule has 114 valence electrons. The summed E-state index contributed by atoms with van der Waals surface area (Å²) in [4.78, 5) is 15.7. The molecule has 1 heterocycles. The van der Waals surface area contributed by atoms with Crippen molar-refractivity contribution < 1.29 is 9.53 Å². The van der Waals surface area contributed by atoms with Crippen molar-refractivity contribution in [3.63, 3.8) is 0 Å². The molecule has 0 N–H and O–H groups in total. The summed E-state index contributed by atoms with van der Waals surface area (Å²) in [5.74, 6) is 0. The van der Waals surface area contributed by atoms with Crippen molar-refractivity contribution in [1.29, 1.82) is 0 Å². The molecule has 0 aliphatic rings. The number of hydrogen-bond acceptors (Lipinski definition) is 4. The zero-order chi connectivity index (χ0) is 16.0. The minimum atomic E-state index is -0.669. The Labute approximate surface area is 130 Å². The number of carbonyl (C=O) groups excluding carboxylic acids is 1. The average Bonchev–Trinajstić information content (AvgIpc) is 2.47. The smallest absolute Gasteiger partial charge is 0.441 e. The second kappa shape index (κ2) is 6.93. The van der Waals surface area contributed by atoms with Crippen molar-refractivity contribution >= 4 is 6.09 Å².